The number of nitrogens with one attached hydrogen (secondary N) is 2. The molecule has 0 spiro atoms. The Morgan fingerprint density at radius 2 is 1.91 bits per heavy atom. The monoisotopic (exact) mass is 470 g/mol. The van der Waals surface area contributed by atoms with E-state index < -0.39 is 0 Å². The molecule has 9 nitrogen and oxygen atoms in total. The van der Waals surface area contributed by atoms with Crippen LogP contribution in [0.15, 0.2) is 54.6 Å². The van der Waals surface area contributed by atoms with E-state index in [1.807, 2.05) is 61.5 Å². The number of hydrogen-bond donors (Lipinski definition) is 4. The van der Waals surface area contributed by atoms with Gasteiger partial charge >= 0.3 is 0 Å². The maximum Gasteiger partial charge on any atom is 0.225 e. The normalized spacial score (nSPS) is 19.0. The summed E-state index contributed by atoms with van der Waals surface area (Å²) in [5.41, 5.74) is 15.5. The molecule has 180 valence electrons. The lowest BCUT2D eigenvalue weighted by Gasteiger charge is -2.38. The standard InChI is InChI=1S/C26H30N8O/c1-15-8-9-19(25(35)29-16(2)17-6-4-3-5-7-17)14-34(15)23-13-21(30-26(28)31-23)18-10-11-20-22(12-18)32-33-24(20)27/h3-7,10-13,15-16,19H,8-9,14H2,1-2H3,(H,29,35)(H3,27,32,33)(H2,28,30,31). The Labute approximate surface area is 203 Å². The van der Waals surface area contributed by atoms with Gasteiger partial charge in [0.1, 0.15) is 5.82 Å². The van der Waals surface area contributed by atoms with E-state index in [0.29, 0.717) is 18.1 Å². The lowest BCUT2D eigenvalue weighted by molar-refractivity contribution is -0.126. The maximum atomic E-state index is 13.1. The third kappa shape index (κ3) is 4.62. The summed E-state index contributed by atoms with van der Waals surface area (Å²) in [7, 11) is 0. The largest absolute Gasteiger partial charge is 0.382 e. The number of amides is 1. The molecule has 0 bridgehead atoms. The highest BCUT2D eigenvalue weighted by Gasteiger charge is 2.31. The molecular weight excluding hydrogens is 440 g/mol. The Hall–Kier alpha value is -4.14. The number of carbonyl (C=O) groups is 1. The highest BCUT2D eigenvalue weighted by molar-refractivity contribution is 5.91. The van der Waals surface area contributed by atoms with Gasteiger partial charge in [-0.05, 0) is 44.4 Å². The first-order valence-corrected chi connectivity index (χ1v) is 11.9. The molecule has 2 aromatic carbocycles. The summed E-state index contributed by atoms with van der Waals surface area (Å²) in [4.78, 5) is 24.3. The lowest BCUT2D eigenvalue weighted by atomic mass is 9.92. The topological polar surface area (TPSA) is 139 Å². The number of rotatable bonds is 5. The van der Waals surface area contributed by atoms with E-state index in [0.717, 1.165) is 40.7 Å². The molecule has 3 heterocycles. The molecule has 3 atom stereocenters. The predicted molar refractivity (Wildman–Crippen MR) is 138 cm³/mol. The van der Waals surface area contributed by atoms with E-state index in [2.05, 4.69) is 37.3 Å². The maximum absolute atomic E-state index is 13.1. The van der Waals surface area contributed by atoms with E-state index >= 15 is 0 Å². The minimum absolute atomic E-state index is 0.0516. The number of anilines is 3. The molecule has 3 unspecified atom stereocenters. The summed E-state index contributed by atoms with van der Waals surface area (Å²) in [6, 6.07) is 17.9. The Morgan fingerprint density at radius 1 is 1.11 bits per heavy atom. The molecule has 5 rings (SSSR count). The van der Waals surface area contributed by atoms with E-state index in [1.165, 1.54) is 0 Å². The van der Waals surface area contributed by atoms with Crippen LogP contribution in [0.3, 0.4) is 0 Å². The van der Waals surface area contributed by atoms with E-state index in [1.54, 1.807) is 0 Å². The molecule has 1 aliphatic heterocycles. The quantitative estimate of drug-likeness (QED) is 0.349. The van der Waals surface area contributed by atoms with Gasteiger partial charge in [0.25, 0.3) is 0 Å². The molecule has 1 amide bonds. The van der Waals surface area contributed by atoms with Crippen molar-refractivity contribution in [3.63, 3.8) is 0 Å². The van der Waals surface area contributed by atoms with Crippen LogP contribution in [0.4, 0.5) is 17.6 Å². The summed E-state index contributed by atoms with van der Waals surface area (Å²) in [6.07, 6.45) is 1.72. The first-order valence-electron chi connectivity index (χ1n) is 11.9. The summed E-state index contributed by atoms with van der Waals surface area (Å²) < 4.78 is 0. The van der Waals surface area contributed by atoms with Crippen molar-refractivity contribution in [1.29, 1.82) is 0 Å². The number of nitrogen functional groups attached to an aromatic ring is 2. The number of carbonyl (C=O) groups excluding carboxylic acids is 1. The van der Waals surface area contributed by atoms with Crippen molar-refractivity contribution in [3.05, 3.63) is 60.2 Å². The Bertz CT molecular complexity index is 1350. The second-order valence-corrected chi connectivity index (χ2v) is 9.26. The average molecular weight is 471 g/mol. The number of aromatic amines is 1. The smallest absolute Gasteiger partial charge is 0.225 e. The molecule has 4 aromatic rings. The van der Waals surface area contributed by atoms with Crippen LogP contribution < -0.4 is 21.7 Å². The first-order chi connectivity index (χ1) is 16.9. The van der Waals surface area contributed by atoms with E-state index in [4.69, 9.17) is 11.5 Å². The molecule has 1 saturated heterocycles. The van der Waals surface area contributed by atoms with Gasteiger partial charge < -0.3 is 21.7 Å². The van der Waals surface area contributed by atoms with Gasteiger partial charge in [-0.3, -0.25) is 9.89 Å². The highest BCUT2D eigenvalue weighted by Crippen LogP contribution is 2.31. The minimum Gasteiger partial charge on any atom is -0.382 e. The lowest BCUT2D eigenvalue weighted by Crippen LogP contribution is -2.47. The molecular formula is C26H30N8O. The zero-order valence-electron chi connectivity index (χ0n) is 19.9. The van der Waals surface area contributed by atoms with Crippen molar-refractivity contribution < 1.29 is 4.79 Å². The van der Waals surface area contributed by atoms with Gasteiger partial charge in [-0.2, -0.15) is 10.1 Å². The number of nitrogens with two attached hydrogens (primary N) is 2. The van der Waals surface area contributed by atoms with Gasteiger partial charge in [0.05, 0.1) is 23.2 Å². The molecule has 2 aromatic heterocycles. The minimum atomic E-state index is -0.138. The number of piperidine rings is 1. The van der Waals surface area contributed by atoms with E-state index in [-0.39, 0.29) is 29.9 Å². The van der Waals surface area contributed by atoms with Crippen molar-refractivity contribution >= 4 is 34.4 Å². The molecule has 0 radical (unpaired) electrons. The fourth-order valence-electron chi connectivity index (χ4n) is 4.74. The molecule has 6 N–H and O–H groups in total. The number of aromatic nitrogens is 4. The zero-order chi connectivity index (χ0) is 24.5. The fraction of sp³-hybridized carbons (Fsp3) is 0.308. The van der Waals surface area contributed by atoms with Gasteiger partial charge in [-0.1, -0.05) is 36.4 Å². The Morgan fingerprint density at radius 3 is 2.71 bits per heavy atom. The van der Waals surface area contributed by atoms with Gasteiger partial charge in [0, 0.05) is 29.6 Å². The third-order valence-electron chi connectivity index (χ3n) is 6.82. The van der Waals surface area contributed by atoms with Gasteiger partial charge in [0.2, 0.25) is 11.9 Å². The van der Waals surface area contributed by atoms with Gasteiger partial charge in [0.15, 0.2) is 5.82 Å². The Kier molecular flexibility index (Phi) is 5.98. The number of nitrogens with zero attached hydrogens (tertiary/aromatic N) is 4. The van der Waals surface area contributed by atoms with Crippen LogP contribution >= 0.6 is 0 Å². The first kappa shape index (κ1) is 22.6. The second kappa shape index (κ2) is 9.25. The molecule has 0 aliphatic carbocycles. The second-order valence-electron chi connectivity index (χ2n) is 9.26. The molecule has 0 saturated carbocycles. The van der Waals surface area contributed by atoms with Crippen molar-refractivity contribution in [3.8, 4) is 11.3 Å². The van der Waals surface area contributed by atoms with Crippen LogP contribution in [0, 0.1) is 5.92 Å². The summed E-state index contributed by atoms with van der Waals surface area (Å²) >= 11 is 0. The number of H-pyrrole nitrogens is 1. The van der Waals surface area contributed by atoms with Crippen LogP contribution in [-0.4, -0.2) is 38.7 Å². The van der Waals surface area contributed by atoms with Gasteiger partial charge in [-0.15, -0.1) is 0 Å². The number of fused-ring (bicyclic) bond motifs is 1. The van der Waals surface area contributed by atoms with Crippen LogP contribution in [-0.2, 0) is 4.79 Å². The average Bonchev–Trinajstić information content (AvgIpc) is 3.24. The third-order valence-corrected chi connectivity index (χ3v) is 6.82. The zero-order valence-corrected chi connectivity index (χ0v) is 19.9. The van der Waals surface area contributed by atoms with Crippen molar-refractivity contribution in [2.24, 2.45) is 5.92 Å². The van der Waals surface area contributed by atoms with Crippen molar-refractivity contribution in [1.82, 2.24) is 25.5 Å². The number of benzene rings is 2. The van der Waals surface area contributed by atoms with Crippen LogP contribution in [0.1, 0.15) is 38.3 Å². The predicted octanol–water partition coefficient (Wildman–Crippen LogP) is 3.67. The van der Waals surface area contributed by atoms with Crippen molar-refractivity contribution in [2.75, 3.05) is 22.9 Å². The van der Waals surface area contributed by atoms with E-state index in [9.17, 15) is 4.79 Å². The molecule has 1 fully saturated rings. The summed E-state index contributed by atoms with van der Waals surface area (Å²) in [5, 5.41) is 11.0. The molecule has 9 heteroatoms. The van der Waals surface area contributed by atoms with Crippen molar-refractivity contribution in [2.45, 2.75) is 38.8 Å². The van der Waals surface area contributed by atoms with Crippen LogP contribution in [0.5, 0.6) is 0 Å². The molecule has 1 aliphatic rings. The molecule has 35 heavy (non-hydrogen) atoms. The summed E-state index contributed by atoms with van der Waals surface area (Å²) in [6.45, 7) is 4.73. The number of hydrogen-bond acceptors (Lipinski definition) is 7. The highest BCUT2D eigenvalue weighted by atomic mass is 16.2. The van der Waals surface area contributed by atoms with Crippen LogP contribution in [0.25, 0.3) is 22.2 Å². The SMILES string of the molecule is CC(NC(=O)C1CCC(C)N(c2cc(-c3ccc4c(N)n[nH]c4c3)nc(N)n2)C1)c1ccccc1. The Balaban J connectivity index is 1.37. The van der Waals surface area contributed by atoms with Gasteiger partial charge in [-0.25, -0.2) is 4.98 Å². The van der Waals surface area contributed by atoms with Crippen LogP contribution in [0.2, 0.25) is 0 Å². The fourth-order valence-corrected chi connectivity index (χ4v) is 4.74. The summed E-state index contributed by atoms with van der Waals surface area (Å²) in [5.74, 6) is 1.29.